The van der Waals surface area contributed by atoms with E-state index in [1.165, 1.54) is 12.5 Å². The Bertz CT molecular complexity index is 1040. The Balaban J connectivity index is 1.67. The zero-order valence-corrected chi connectivity index (χ0v) is 14.2. The van der Waals surface area contributed by atoms with E-state index in [0.717, 1.165) is 11.4 Å². The van der Waals surface area contributed by atoms with Gasteiger partial charge in [-0.2, -0.15) is 4.98 Å². The molecule has 0 unspecified atom stereocenters. The highest BCUT2D eigenvalue weighted by molar-refractivity contribution is 6.33. The lowest BCUT2D eigenvalue weighted by Crippen LogP contribution is -1.91. The minimum atomic E-state index is 0.110. The quantitative estimate of drug-likeness (QED) is 0.547. The first-order chi connectivity index (χ1) is 12.2. The van der Waals surface area contributed by atoms with Crippen LogP contribution in [0.4, 0.5) is 0 Å². The summed E-state index contributed by atoms with van der Waals surface area (Å²) < 4.78 is 17.9. The first kappa shape index (κ1) is 15.5. The molecule has 0 aliphatic carbocycles. The monoisotopic (exact) mass is 356 g/mol. The van der Waals surface area contributed by atoms with Crippen LogP contribution in [0, 0.1) is 6.92 Å². The van der Waals surface area contributed by atoms with E-state index in [1.54, 1.807) is 25.3 Å². The van der Waals surface area contributed by atoms with Crippen LogP contribution in [0.2, 0.25) is 5.02 Å². The van der Waals surface area contributed by atoms with E-state index in [2.05, 4.69) is 15.0 Å². The molecular formula is C17H13ClN4O3. The molecule has 0 aliphatic rings. The van der Waals surface area contributed by atoms with Crippen LogP contribution in [-0.2, 0) is 0 Å². The minimum absolute atomic E-state index is 0.110. The molecule has 0 fully saturated rings. The van der Waals surface area contributed by atoms with Crippen LogP contribution >= 0.6 is 11.6 Å². The van der Waals surface area contributed by atoms with Crippen molar-refractivity contribution in [2.45, 2.75) is 6.92 Å². The highest BCUT2D eigenvalue weighted by Crippen LogP contribution is 2.30. The van der Waals surface area contributed by atoms with Gasteiger partial charge in [0.25, 0.3) is 0 Å². The molecular weight excluding hydrogens is 344 g/mol. The summed E-state index contributed by atoms with van der Waals surface area (Å²) >= 11 is 6.20. The number of imidazole rings is 1. The summed E-state index contributed by atoms with van der Waals surface area (Å²) in [4.78, 5) is 12.9. The van der Waals surface area contributed by atoms with Gasteiger partial charge in [0.1, 0.15) is 12.0 Å². The number of pyridine rings is 2. The molecule has 0 aliphatic heterocycles. The molecule has 4 heterocycles. The summed E-state index contributed by atoms with van der Waals surface area (Å²) in [5.74, 6) is 0.991. The standard InChI is InChI=1S/C17H13ClN4O3/c1-10-15(22-7-3-4-12(18)16(22)20-10)13-9-24-17(21-13)25-11-5-6-14(23-2)19-8-11/h3-9H,1-2H3. The van der Waals surface area contributed by atoms with Gasteiger partial charge in [-0.3, -0.25) is 4.40 Å². The fourth-order valence-corrected chi connectivity index (χ4v) is 2.72. The number of hydrogen-bond donors (Lipinski definition) is 0. The van der Waals surface area contributed by atoms with Crippen LogP contribution in [0.25, 0.3) is 17.0 Å². The number of rotatable bonds is 4. The largest absolute Gasteiger partial charge is 0.481 e. The van der Waals surface area contributed by atoms with Crippen LogP contribution in [-0.4, -0.2) is 26.5 Å². The summed E-state index contributed by atoms with van der Waals surface area (Å²) in [7, 11) is 1.55. The van der Waals surface area contributed by atoms with Crippen LogP contribution in [0.5, 0.6) is 17.7 Å². The number of fused-ring (bicyclic) bond motifs is 1. The number of nitrogens with zero attached hydrogens (tertiary/aromatic N) is 4. The van der Waals surface area contributed by atoms with Crippen molar-refractivity contribution in [1.29, 1.82) is 0 Å². The number of aryl methyl sites for hydroxylation is 1. The van der Waals surface area contributed by atoms with Gasteiger partial charge in [-0.15, -0.1) is 0 Å². The Morgan fingerprint density at radius 1 is 1.20 bits per heavy atom. The highest BCUT2D eigenvalue weighted by atomic mass is 35.5. The van der Waals surface area contributed by atoms with E-state index in [4.69, 9.17) is 25.5 Å². The Kier molecular flexibility index (Phi) is 3.77. The number of methoxy groups -OCH3 is 1. The van der Waals surface area contributed by atoms with Crippen molar-refractivity contribution < 1.29 is 13.9 Å². The Hall–Kier alpha value is -3.06. The molecule has 4 rings (SSSR count). The summed E-state index contributed by atoms with van der Waals surface area (Å²) in [6.07, 6.45) is 5.03. The van der Waals surface area contributed by atoms with Gasteiger partial charge in [0.05, 0.1) is 29.7 Å². The summed E-state index contributed by atoms with van der Waals surface area (Å²) in [6.45, 7) is 1.89. The Labute approximate surface area is 147 Å². The number of hydrogen-bond acceptors (Lipinski definition) is 6. The predicted molar refractivity (Wildman–Crippen MR) is 91.3 cm³/mol. The van der Waals surface area contributed by atoms with Crippen molar-refractivity contribution in [3.05, 3.63) is 53.6 Å². The average Bonchev–Trinajstić information content (AvgIpc) is 3.20. The number of halogens is 1. The van der Waals surface area contributed by atoms with Crippen molar-refractivity contribution in [3.63, 3.8) is 0 Å². The third-order valence-corrected chi connectivity index (χ3v) is 3.92. The van der Waals surface area contributed by atoms with E-state index in [9.17, 15) is 0 Å². The average molecular weight is 357 g/mol. The smallest absolute Gasteiger partial charge is 0.399 e. The normalized spacial score (nSPS) is 11.0. The lowest BCUT2D eigenvalue weighted by molar-refractivity contribution is 0.328. The number of aromatic nitrogens is 4. The Morgan fingerprint density at radius 2 is 2.08 bits per heavy atom. The first-order valence-corrected chi connectivity index (χ1v) is 7.80. The second-order valence-corrected chi connectivity index (χ2v) is 5.64. The molecule has 7 nitrogen and oxygen atoms in total. The molecule has 4 aromatic heterocycles. The molecule has 0 radical (unpaired) electrons. The molecule has 0 amide bonds. The van der Waals surface area contributed by atoms with Gasteiger partial charge >= 0.3 is 6.08 Å². The molecule has 0 bridgehead atoms. The third-order valence-electron chi connectivity index (χ3n) is 3.63. The molecule has 4 aromatic rings. The number of ether oxygens (including phenoxy) is 2. The second kappa shape index (κ2) is 6.10. The van der Waals surface area contributed by atoms with Gasteiger partial charge in [-0.25, -0.2) is 9.97 Å². The zero-order chi connectivity index (χ0) is 17.4. The fraction of sp³-hybridized carbons (Fsp3) is 0.118. The molecule has 0 aromatic carbocycles. The van der Waals surface area contributed by atoms with Crippen LogP contribution in [0.1, 0.15) is 5.69 Å². The van der Waals surface area contributed by atoms with Crippen molar-refractivity contribution >= 4 is 17.2 Å². The van der Waals surface area contributed by atoms with E-state index >= 15 is 0 Å². The van der Waals surface area contributed by atoms with E-state index < -0.39 is 0 Å². The summed E-state index contributed by atoms with van der Waals surface area (Å²) in [5.41, 5.74) is 2.85. The zero-order valence-electron chi connectivity index (χ0n) is 13.4. The van der Waals surface area contributed by atoms with Crippen molar-refractivity contribution in [2.75, 3.05) is 7.11 Å². The maximum atomic E-state index is 6.20. The highest BCUT2D eigenvalue weighted by Gasteiger charge is 2.17. The van der Waals surface area contributed by atoms with Gasteiger partial charge in [-0.05, 0) is 25.1 Å². The summed E-state index contributed by atoms with van der Waals surface area (Å²) in [6, 6.07) is 7.05. The topological polar surface area (TPSA) is 74.7 Å². The maximum absolute atomic E-state index is 6.20. The van der Waals surface area contributed by atoms with Crippen molar-refractivity contribution in [1.82, 2.24) is 19.4 Å². The van der Waals surface area contributed by atoms with E-state index in [-0.39, 0.29) is 6.08 Å². The first-order valence-electron chi connectivity index (χ1n) is 7.42. The van der Waals surface area contributed by atoms with Crippen LogP contribution in [0.15, 0.2) is 47.3 Å². The Morgan fingerprint density at radius 3 is 2.84 bits per heavy atom. The maximum Gasteiger partial charge on any atom is 0.399 e. The van der Waals surface area contributed by atoms with E-state index in [0.29, 0.717) is 28.0 Å². The van der Waals surface area contributed by atoms with Gasteiger partial charge < -0.3 is 13.9 Å². The SMILES string of the molecule is COc1ccc(Oc2nc(-c3c(C)nc4c(Cl)cccn34)co2)cn1. The fourth-order valence-electron chi connectivity index (χ4n) is 2.52. The molecule has 0 saturated carbocycles. The molecule has 8 heteroatoms. The van der Waals surface area contributed by atoms with Gasteiger partial charge in [0.15, 0.2) is 11.4 Å². The van der Waals surface area contributed by atoms with E-state index in [1.807, 2.05) is 23.6 Å². The minimum Gasteiger partial charge on any atom is -0.481 e. The lowest BCUT2D eigenvalue weighted by Gasteiger charge is -2.01. The van der Waals surface area contributed by atoms with Crippen molar-refractivity contribution in [3.8, 4) is 29.1 Å². The van der Waals surface area contributed by atoms with Gasteiger partial charge in [0.2, 0.25) is 5.88 Å². The van der Waals surface area contributed by atoms with Gasteiger partial charge in [-0.1, -0.05) is 11.6 Å². The molecule has 0 spiro atoms. The number of oxazole rings is 1. The molecule has 0 atom stereocenters. The van der Waals surface area contributed by atoms with Crippen LogP contribution in [0.3, 0.4) is 0 Å². The third kappa shape index (κ3) is 2.78. The molecule has 126 valence electrons. The lowest BCUT2D eigenvalue weighted by atomic mass is 10.3. The van der Waals surface area contributed by atoms with Crippen molar-refractivity contribution in [2.24, 2.45) is 0 Å². The van der Waals surface area contributed by atoms with Crippen LogP contribution < -0.4 is 9.47 Å². The molecule has 0 saturated heterocycles. The van der Waals surface area contributed by atoms with Gasteiger partial charge in [0, 0.05) is 12.3 Å². The molecule has 25 heavy (non-hydrogen) atoms. The second-order valence-electron chi connectivity index (χ2n) is 5.23. The summed E-state index contributed by atoms with van der Waals surface area (Å²) in [5, 5.41) is 0.570. The molecule has 0 N–H and O–H groups in total. The predicted octanol–water partition coefficient (Wildman–Crippen LogP) is 4.15.